The number of carbonyl (C=O) groups is 1. The third kappa shape index (κ3) is 3.45. The zero-order valence-corrected chi connectivity index (χ0v) is 12.1. The van der Waals surface area contributed by atoms with Crippen LogP contribution in [0.25, 0.3) is 0 Å². The van der Waals surface area contributed by atoms with E-state index in [2.05, 4.69) is 0 Å². The summed E-state index contributed by atoms with van der Waals surface area (Å²) in [5.74, 6) is -2.03. The Morgan fingerprint density at radius 1 is 1.00 bits per heavy atom. The number of Topliss-reactive ketones (excluding diaryl/α,β-unsaturated/α-hetero) is 1. The Labute approximate surface area is 122 Å². The molecule has 1 unspecified atom stereocenters. The van der Waals surface area contributed by atoms with Gasteiger partial charge in [-0.3, -0.25) is 4.79 Å². The van der Waals surface area contributed by atoms with Gasteiger partial charge in [-0.15, -0.1) is 0 Å². The smallest absolute Gasteiger partial charge is 0.203 e. The summed E-state index contributed by atoms with van der Waals surface area (Å²) in [5, 5.41) is 0. The lowest BCUT2D eigenvalue weighted by molar-refractivity contribution is 0.0817. The van der Waals surface area contributed by atoms with Crippen molar-refractivity contribution >= 4 is 5.78 Å². The predicted octanol–water partition coefficient (Wildman–Crippen LogP) is 4.23. The molecule has 0 saturated heterocycles. The van der Waals surface area contributed by atoms with E-state index in [1.165, 1.54) is 6.07 Å². The Morgan fingerprint density at radius 3 is 2.33 bits per heavy atom. The van der Waals surface area contributed by atoms with Crippen molar-refractivity contribution in [2.24, 2.45) is 0 Å². The summed E-state index contributed by atoms with van der Waals surface area (Å²) in [6, 6.07) is 8.59. The van der Waals surface area contributed by atoms with E-state index in [0.717, 1.165) is 23.3 Å². The Bertz CT molecular complexity index is 680. The van der Waals surface area contributed by atoms with Crippen molar-refractivity contribution in [2.45, 2.75) is 26.9 Å². The van der Waals surface area contributed by atoms with Crippen LogP contribution in [0.1, 0.15) is 28.4 Å². The van der Waals surface area contributed by atoms with Crippen molar-refractivity contribution in [3.63, 3.8) is 0 Å². The van der Waals surface area contributed by atoms with Crippen molar-refractivity contribution in [1.29, 1.82) is 0 Å². The molecule has 0 fully saturated rings. The molecule has 0 aromatic heterocycles. The van der Waals surface area contributed by atoms with Crippen molar-refractivity contribution in [3.05, 3.63) is 64.7 Å². The number of rotatable bonds is 4. The largest absolute Gasteiger partial charge is 0.482 e. The molecular formula is C17H16F2O2. The molecule has 0 saturated carbocycles. The Kier molecular flexibility index (Phi) is 4.36. The number of halogens is 2. The summed E-state index contributed by atoms with van der Waals surface area (Å²) >= 11 is 0. The first kappa shape index (κ1) is 15.2. The number of ether oxygens (including phenoxy) is 1. The molecule has 0 aliphatic heterocycles. The Morgan fingerprint density at radius 2 is 1.71 bits per heavy atom. The lowest BCUT2D eigenvalue weighted by Crippen LogP contribution is -2.24. The molecule has 0 aliphatic rings. The first-order valence-corrected chi connectivity index (χ1v) is 6.61. The molecule has 0 aliphatic carbocycles. The van der Waals surface area contributed by atoms with Crippen LogP contribution in [0.3, 0.4) is 0 Å². The molecule has 4 heteroatoms. The van der Waals surface area contributed by atoms with Gasteiger partial charge in [-0.05, 0) is 50.1 Å². The molecule has 21 heavy (non-hydrogen) atoms. The normalized spacial score (nSPS) is 12.0. The van der Waals surface area contributed by atoms with Crippen LogP contribution in [0.4, 0.5) is 8.78 Å². The fourth-order valence-corrected chi connectivity index (χ4v) is 1.94. The monoisotopic (exact) mass is 290 g/mol. The van der Waals surface area contributed by atoms with Crippen molar-refractivity contribution < 1.29 is 18.3 Å². The minimum atomic E-state index is -1.00. The van der Waals surface area contributed by atoms with Crippen LogP contribution in [0.2, 0.25) is 0 Å². The first-order valence-electron chi connectivity index (χ1n) is 6.61. The van der Waals surface area contributed by atoms with Crippen molar-refractivity contribution in [3.8, 4) is 5.75 Å². The third-order valence-electron chi connectivity index (χ3n) is 3.36. The van der Waals surface area contributed by atoms with E-state index in [1.54, 1.807) is 19.1 Å². The third-order valence-corrected chi connectivity index (χ3v) is 3.36. The van der Waals surface area contributed by atoms with Gasteiger partial charge in [0.2, 0.25) is 5.78 Å². The highest BCUT2D eigenvalue weighted by Gasteiger charge is 2.18. The van der Waals surface area contributed by atoms with E-state index in [4.69, 9.17) is 4.74 Å². The fourth-order valence-electron chi connectivity index (χ4n) is 1.94. The van der Waals surface area contributed by atoms with Gasteiger partial charge in [0.25, 0.3) is 0 Å². The van der Waals surface area contributed by atoms with E-state index >= 15 is 0 Å². The summed E-state index contributed by atoms with van der Waals surface area (Å²) in [5.41, 5.74) is 2.65. The van der Waals surface area contributed by atoms with Gasteiger partial charge in [0.15, 0.2) is 17.7 Å². The molecule has 0 N–H and O–H groups in total. The Balaban J connectivity index is 2.15. The number of hydrogen-bond acceptors (Lipinski definition) is 2. The molecule has 1 atom stereocenters. The molecule has 110 valence electrons. The van der Waals surface area contributed by atoms with Gasteiger partial charge >= 0.3 is 0 Å². The molecule has 2 nitrogen and oxygen atoms in total. The highest BCUT2D eigenvalue weighted by Crippen LogP contribution is 2.19. The van der Waals surface area contributed by atoms with E-state index in [-0.39, 0.29) is 11.5 Å². The number of ketones is 1. The lowest BCUT2D eigenvalue weighted by Gasteiger charge is -2.14. The van der Waals surface area contributed by atoms with Gasteiger partial charge in [-0.1, -0.05) is 12.1 Å². The highest BCUT2D eigenvalue weighted by atomic mass is 19.2. The number of carbonyl (C=O) groups excluding carboxylic acids is 1. The van der Waals surface area contributed by atoms with E-state index < -0.39 is 17.7 Å². The Hall–Kier alpha value is -2.23. The van der Waals surface area contributed by atoms with Crippen molar-refractivity contribution in [2.75, 3.05) is 0 Å². The number of hydrogen-bond donors (Lipinski definition) is 0. The van der Waals surface area contributed by atoms with Gasteiger partial charge in [0.05, 0.1) is 0 Å². The zero-order valence-electron chi connectivity index (χ0n) is 12.1. The topological polar surface area (TPSA) is 26.3 Å². The molecule has 2 rings (SSSR count). The summed E-state index contributed by atoms with van der Waals surface area (Å²) in [7, 11) is 0. The molecule has 0 amide bonds. The van der Waals surface area contributed by atoms with Gasteiger partial charge < -0.3 is 4.74 Å². The number of benzene rings is 2. The average molecular weight is 290 g/mol. The predicted molar refractivity (Wildman–Crippen MR) is 76.7 cm³/mol. The van der Waals surface area contributed by atoms with E-state index in [1.807, 2.05) is 19.9 Å². The maximum absolute atomic E-state index is 13.1. The second-order valence-electron chi connectivity index (χ2n) is 5.00. The quantitative estimate of drug-likeness (QED) is 0.788. The first-order chi connectivity index (χ1) is 9.88. The van der Waals surface area contributed by atoms with Crippen LogP contribution < -0.4 is 4.74 Å². The van der Waals surface area contributed by atoms with E-state index in [0.29, 0.717) is 5.56 Å². The van der Waals surface area contributed by atoms with E-state index in [9.17, 15) is 13.6 Å². The van der Waals surface area contributed by atoms with Crippen LogP contribution in [0.5, 0.6) is 5.75 Å². The fraction of sp³-hybridized carbons (Fsp3) is 0.235. The molecule has 0 bridgehead atoms. The highest BCUT2D eigenvalue weighted by molar-refractivity contribution is 5.99. The van der Waals surface area contributed by atoms with Gasteiger partial charge in [0.1, 0.15) is 5.75 Å². The zero-order chi connectivity index (χ0) is 15.6. The molecule has 0 heterocycles. The van der Waals surface area contributed by atoms with Crippen LogP contribution in [0.15, 0.2) is 36.4 Å². The lowest BCUT2D eigenvalue weighted by atomic mass is 10.0. The molecule has 0 spiro atoms. The van der Waals surface area contributed by atoms with Gasteiger partial charge in [-0.25, -0.2) is 8.78 Å². The summed E-state index contributed by atoms with van der Waals surface area (Å²) in [4.78, 5) is 12.3. The standard InChI is InChI=1S/C17H16F2O2/c1-10-4-5-13(8-11(10)2)17(20)12(3)21-14-6-7-15(18)16(19)9-14/h4-9,12H,1-3H3. The summed E-state index contributed by atoms with van der Waals surface area (Å²) in [6.07, 6.45) is -0.781. The minimum Gasteiger partial charge on any atom is -0.482 e. The second kappa shape index (κ2) is 6.04. The number of aryl methyl sites for hydroxylation is 2. The molecule has 0 radical (unpaired) electrons. The summed E-state index contributed by atoms with van der Waals surface area (Å²) < 4.78 is 31.3. The van der Waals surface area contributed by atoms with Crippen LogP contribution in [-0.4, -0.2) is 11.9 Å². The maximum atomic E-state index is 13.1. The average Bonchev–Trinajstić information content (AvgIpc) is 2.45. The molecule has 2 aromatic rings. The van der Waals surface area contributed by atoms with Gasteiger partial charge in [-0.2, -0.15) is 0 Å². The van der Waals surface area contributed by atoms with Crippen LogP contribution in [-0.2, 0) is 0 Å². The SMILES string of the molecule is Cc1ccc(C(=O)C(C)Oc2ccc(F)c(F)c2)cc1C. The minimum absolute atomic E-state index is 0.124. The van der Waals surface area contributed by atoms with Crippen LogP contribution >= 0.6 is 0 Å². The molecule has 2 aromatic carbocycles. The van der Waals surface area contributed by atoms with Crippen molar-refractivity contribution in [1.82, 2.24) is 0 Å². The summed E-state index contributed by atoms with van der Waals surface area (Å²) in [6.45, 7) is 5.47. The van der Waals surface area contributed by atoms with Crippen LogP contribution in [0, 0.1) is 25.5 Å². The maximum Gasteiger partial charge on any atom is 0.203 e. The second-order valence-corrected chi connectivity index (χ2v) is 5.00. The van der Waals surface area contributed by atoms with Gasteiger partial charge in [0, 0.05) is 11.6 Å². The molecular weight excluding hydrogens is 274 g/mol.